The van der Waals surface area contributed by atoms with E-state index >= 15 is 0 Å². The summed E-state index contributed by atoms with van der Waals surface area (Å²) < 4.78 is 0. The standard InChI is InChI=1S/C20H23N7O/c1-14-18(15-3-6-21-7-4-15)24-25-19(14)23-20(28)16-5-8-22-17(13-16)27-11-9-26(2)10-12-27/h3-8,13H,9-12H2,1-2H3,(H2,23,24,25,28). The van der Waals surface area contributed by atoms with Crippen molar-refractivity contribution in [3.05, 3.63) is 54.0 Å². The number of carbonyl (C=O) groups excluding carboxylic acids is 1. The van der Waals surface area contributed by atoms with Gasteiger partial charge in [0.1, 0.15) is 5.82 Å². The number of likely N-dealkylation sites (N-methyl/N-ethyl adjacent to an activating group) is 1. The van der Waals surface area contributed by atoms with Gasteiger partial charge in [-0.15, -0.1) is 0 Å². The molecule has 2 N–H and O–H groups in total. The van der Waals surface area contributed by atoms with Crippen LogP contribution in [-0.4, -0.2) is 64.2 Å². The highest BCUT2D eigenvalue weighted by atomic mass is 16.1. The Labute approximate surface area is 163 Å². The van der Waals surface area contributed by atoms with Crippen LogP contribution < -0.4 is 10.2 Å². The fraction of sp³-hybridized carbons (Fsp3) is 0.300. The Hall–Kier alpha value is -3.26. The molecule has 0 bridgehead atoms. The lowest BCUT2D eigenvalue weighted by molar-refractivity contribution is 0.102. The summed E-state index contributed by atoms with van der Waals surface area (Å²) in [5.41, 5.74) is 3.29. The molecule has 28 heavy (non-hydrogen) atoms. The van der Waals surface area contributed by atoms with E-state index in [1.807, 2.05) is 25.1 Å². The molecule has 3 aromatic rings. The SMILES string of the molecule is Cc1c(NC(=O)c2ccnc(N3CCN(C)CC3)c2)n[nH]c1-c1ccncc1. The van der Waals surface area contributed by atoms with Gasteiger partial charge in [0.25, 0.3) is 5.91 Å². The highest BCUT2D eigenvalue weighted by Gasteiger charge is 2.18. The van der Waals surface area contributed by atoms with E-state index in [4.69, 9.17) is 0 Å². The summed E-state index contributed by atoms with van der Waals surface area (Å²) in [4.78, 5) is 25.7. The quantitative estimate of drug-likeness (QED) is 0.724. The van der Waals surface area contributed by atoms with E-state index in [2.05, 4.69) is 42.3 Å². The van der Waals surface area contributed by atoms with Crippen molar-refractivity contribution >= 4 is 17.5 Å². The summed E-state index contributed by atoms with van der Waals surface area (Å²) in [6.45, 7) is 5.71. The highest BCUT2D eigenvalue weighted by molar-refractivity contribution is 6.04. The van der Waals surface area contributed by atoms with E-state index in [0.717, 1.165) is 48.8 Å². The number of hydrogen-bond donors (Lipinski definition) is 2. The van der Waals surface area contributed by atoms with E-state index in [1.165, 1.54) is 0 Å². The Morgan fingerprint density at radius 3 is 2.61 bits per heavy atom. The van der Waals surface area contributed by atoms with Gasteiger partial charge in [0.15, 0.2) is 5.82 Å². The molecule has 8 nitrogen and oxygen atoms in total. The Balaban J connectivity index is 1.50. The van der Waals surface area contributed by atoms with Crippen LogP contribution in [0.4, 0.5) is 11.6 Å². The largest absolute Gasteiger partial charge is 0.354 e. The van der Waals surface area contributed by atoms with Gasteiger partial charge in [-0.2, -0.15) is 5.10 Å². The summed E-state index contributed by atoms with van der Waals surface area (Å²) in [5.74, 6) is 1.15. The second-order valence-corrected chi connectivity index (χ2v) is 6.96. The van der Waals surface area contributed by atoms with Gasteiger partial charge in [-0.3, -0.25) is 14.9 Å². The molecule has 0 saturated carbocycles. The van der Waals surface area contributed by atoms with E-state index in [-0.39, 0.29) is 5.91 Å². The minimum atomic E-state index is -0.200. The van der Waals surface area contributed by atoms with Gasteiger partial charge in [-0.25, -0.2) is 4.98 Å². The van der Waals surface area contributed by atoms with Crippen molar-refractivity contribution in [3.8, 4) is 11.3 Å². The monoisotopic (exact) mass is 377 g/mol. The van der Waals surface area contributed by atoms with Crippen LogP contribution in [-0.2, 0) is 0 Å². The molecule has 4 rings (SSSR count). The molecule has 0 aliphatic carbocycles. The van der Waals surface area contributed by atoms with Gasteiger partial charge >= 0.3 is 0 Å². The number of aromatic nitrogens is 4. The van der Waals surface area contributed by atoms with Gasteiger partial charge in [-0.05, 0) is 38.2 Å². The number of H-pyrrole nitrogens is 1. The molecule has 0 aromatic carbocycles. The summed E-state index contributed by atoms with van der Waals surface area (Å²) in [5, 5.41) is 10.2. The number of hydrogen-bond acceptors (Lipinski definition) is 6. The maximum absolute atomic E-state index is 12.8. The third-order valence-corrected chi connectivity index (χ3v) is 5.05. The van der Waals surface area contributed by atoms with Crippen molar-refractivity contribution in [2.45, 2.75) is 6.92 Å². The minimum absolute atomic E-state index is 0.200. The number of aromatic amines is 1. The van der Waals surface area contributed by atoms with Gasteiger partial charge in [0.05, 0.1) is 5.69 Å². The molecule has 1 amide bonds. The van der Waals surface area contributed by atoms with Crippen molar-refractivity contribution in [2.75, 3.05) is 43.4 Å². The van der Waals surface area contributed by atoms with E-state index in [9.17, 15) is 4.79 Å². The molecule has 0 radical (unpaired) electrons. The minimum Gasteiger partial charge on any atom is -0.354 e. The number of rotatable bonds is 4. The first kappa shape index (κ1) is 18.1. The first-order valence-electron chi connectivity index (χ1n) is 9.28. The average molecular weight is 377 g/mol. The highest BCUT2D eigenvalue weighted by Crippen LogP contribution is 2.25. The Bertz CT molecular complexity index is 962. The van der Waals surface area contributed by atoms with Crippen LogP contribution in [0.5, 0.6) is 0 Å². The normalized spacial score (nSPS) is 14.9. The zero-order valence-corrected chi connectivity index (χ0v) is 16.0. The molecule has 3 aromatic heterocycles. The summed E-state index contributed by atoms with van der Waals surface area (Å²) >= 11 is 0. The van der Waals surface area contributed by atoms with Crippen LogP contribution >= 0.6 is 0 Å². The zero-order chi connectivity index (χ0) is 19.5. The molecule has 1 fully saturated rings. The number of piperazine rings is 1. The Morgan fingerprint density at radius 2 is 1.86 bits per heavy atom. The molecular formula is C20H23N7O. The number of amides is 1. The zero-order valence-electron chi connectivity index (χ0n) is 16.0. The molecule has 1 aliphatic heterocycles. The van der Waals surface area contributed by atoms with Crippen molar-refractivity contribution < 1.29 is 4.79 Å². The number of pyridine rings is 2. The number of nitrogens with one attached hydrogen (secondary N) is 2. The third-order valence-electron chi connectivity index (χ3n) is 5.05. The predicted molar refractivity (Wildman–Crippen MR) is 108 cm³/mol. The van der Waals surface area contributed by atoms with Gasteiger partial charge in [-0.1, -0.05) is 0 Å². The Morgan fingerprint density at radius 1 is 1.11 bits per heavy atom. The molecule has 4 heterocycles. The molecule has 0 spiro atoms. The summed E-state index contributed by atoms with van der Waals surface area (Å²) in [6.07, 6.45) is 5.14. The van der Waals surface area contributed by atoms with Crippen LogP contribution in [0.2, 0.25) is 0 Å². The molecule has 8 heteroatoms. The van der Waals surface area contributed by atoms with Crippen molar-refractivity contribution in [2.24, 2.45) is 0 Å². The van der Waals surface area contributed by atoms with E-state index < -0.39 is 0 Å². The third kappa shape index (κ3) is 3.72. The number of anilines is 2. The fourth-order valence-electron chi connectivity index (χ4n) is 3.27. The second kappa shape index (κ2) is 7.77. The van der Waals surface area contributed by atoms with Crippen LogP contribution in [0.3, 0.4) is 0 Å². The van der Waals surface area contributed by atoms with Crippen LogP contribution in [0, 0.1) is 6.92 Å². The van der Waals surface area contributed by atoms with Gasteiger partial charge in [0, 0.05) is 61.5 Å². The lowest BCUT2D eigenvalue weighted by atomic mass is 10.1. The fourth-order valence-corrected chi connectivity index (χ4v) is 3.27. The van der Waals surface area contributed by atoms with E-state index in [0.29, 0.717) is 11.4 Å². The summed E-state index contributed by atoms with van der Waals surface area (Å²) in [7, 11) is 2.11. The van der Waals surface area contributed by atoms with Gasteiger partial charge < -0.3 is 15.1 Å². The number of carbonyl (C=O) groups is 1. The molecular weight excluding hydrogens is 354 g/mol. The first-order chi connectivity index (χ1) is 13.6. The van der Waals surface area contributed by atoms with Crippen LogP contribution in [0.15, 0.2) is 42.9 Å². The van der Waals surface area contributed by atoms with Crippen molar-refractivity contribution in [1.82, 2.24) is 25.1 Å². The molecule has 0 atom stereocenters. The second-order valence-electron chi connectivity index (χ2n) is 6.96. The van der Waals surface area contributed by atoms with Crippen molar-refractivity contribution in [3.63, 3.8) is 0 Å². The van der Waals surface area contributed by atoms with E-state index in [1.54, 1.807) is 24.7 Å². The molecule has 1 saturated heterocycles. The molecule has 1 aliphatic rings. The summed E-state index contributed by atoms with van der Waals surface area (Å²) in [6, 6.07) is 7.36. The number of nitrogens with zero attached hydrogens (tertiary/aromatic N) is 5. The average Bonchev–Trinajstić information content (AvgIpc) is 3.09. The maximum Gasteiger partial charge on any atom is 0.257 e. The molecule has 144 valence electrons. The maximum atomic E-state index is 12.8. The van der Waals surface area contributed by atoms with Crippen LogP contribution in [0.1, 0.15) is 15.9 Å². The van der Waals surface area contributed by atoms with Crippen molar-refractivity contribution in [1.29, 1.82) is 0 Å². The Kier molecular flexibility index (Phi) is 5.03. The topological polar surface area (TPSA) is 90.0 Å². The molecule has 0 unspecified atom stereocenters. The van der Waals surface area contributed by atoms with Crippen LogP contribution in [0.25, 0.3) is 11.3 Å². The lowest BCUT2D eigenvalue weighted by Gasteiger charge is -2.33. The smallest absolute Gasteiger partial charge is 0.257 e. The van der Waals surface area contributed by atoms with Gasteiger partial charge in [0.2, 0.25) is 0 Å². The predicted octanol–water partition coefficient (Wildman–Crippen LogP) is 2.18. The lowest BCUT2D eigenvalue weighted by Crippen LogP contribution is -2.44. The first-order valence-corrected chi connectivity index (χ1v) is 9.28.